The molecule has 2 heterocycles. The SMILES string of the molecule is O=C(N[C@H]1CCCNC1)c1cnn(-c2ccccc2)n1. The fourth-order valence-corrected chi connectivity index (χ4v) is 2.29. The maximum absolute atomic E-state index is 12.1. The van der Waals surface area contributed by atoms with Crippen molar-refractivity contribution < 1.29 is 4.79 Å². The van der Waals surface area contributed by atoms with Gasteiger partial charge in [0.15, 0.2) is 5.69 Å². The van der Waals surface area contributed by atoms with Crippen LogP contribution in [0.3, 0.4) is 0 Å². The minimum absolute atomic E-state index is 0.166. The molecule has 0 unspecified atom stereocenters. The smallest absolute Gasteiger partial charge is 0.273 e. The third-order valence-electron chi connectivity index (χ3n) is 3.34. The average molecular weight is 271 g/mol. The van der Waals surface area contributed by atoms with Crippen molar-refractivity contribution >= 4 is 5.91 Å². The minimum atomic E-state index is -0.166. The molecule has 1 aromatic heterocycles. The number of amides is 1. The Morgan fingerprint density at radius 3 is 2.95 bits per heavy atom. The van der Waals surface area contributed by atoms with Gasteiger partial charge in [-0.05, 0) is 31.5 Å². The Labute approximate surface area is 117 Å². The highest BCUT2D eigenvalue weighted by Crippen LogP contribution is 2.06. The second-order valence-electron chi connectivity index (χ2n) is 4.87. The van der Waals surface area contributed by atoms with Crippen LogP contribution in [0.5, 0.6) is 0 Å². The van der Waals surface area contributed by atoms with E-state index in [0.717, 1.165) is 31.6 Å². The van der Waals surface area contributed by atoms with Crippen molar-refractivity contribution in [3.8, 4) is 5.69 Å². The Balaban J connectivity index is 1.68. The molecule has 6 nitrogen and oxygen atoms in total. The fourth-order valence-electron chi connectivity index (χ4n) is 2.29. The van der Waals surface area contributed by atoms with Gasteiger partial charge in [-0.25, -0.2) is 0 Å². The van der Waals surface area contributed by atoms with Crippen LogP contribution >= 0.6 is 0 Å². The lowest BCUT2D eigenvalue weighted by Crippen LogP contribution is -2.45. The molecule has 20 heavy (non-hydrogen) atoms. The van der Waals surface area contributed by atoms with Gasteiger partial charge in [-0.1, -0.05) is 18.2 Å². The van der Waals surface area contributed by atoms with Gasteiger partial charge in [0, 0.05) is 12.6 Å². The molecule has 1 saturated heterocycles. The summed E-state index contributed by atoms with van der Waals surface area (Å²) < 4.78 is 0. The topological polar surface area (TPSA) is 71.8 Å². The van der Waals surface area contributed by atoms with Crippen LogP contribution in [-0.4, -0.2) is 40.0 Å². The number of carbonyl (C=O) groups excluding carboxylic acids is 1. The molecule has 1 amide bonds. The van der Waals surface area contributed by atoms with E-state index in [1.54, 1.807) is 0 Å². The van der Waals surface area contributed by atoms with Crippen LogP contribution in [0.2, 0.25) is 0 Å². The maximum Gasteiger partial charge on any atom is 0.273 e. The van der Waals surface area contributed by atoms with Gasteiger partial charge in [0.05, 0.1) is 11.9 Å². The zero-order valence-electron chi connectivity index (χ0n) is 11.1. The molecule has 1 aromatic carbocycles. The molecule has 1 atom stereocenters. The molecule has 1 aliphatic rings. The molecule has 104 valence electrons. The minimum Gasteiger partial charge on any atom is -0.347 e. The number of aromatic nitrogens is 3. The quantitative estimate of drug-likeness (QED) is 0.864. The van der Waals surface area contributed by atoms with E-state index in [2.05, 4.69) is 20.8 Å². The molecular weight excluding hydrogens is 254 g/mol. The van der Waals surface area contributed by atoms with Crippen molar-refractivity contribution in [1.82, 2.24) is 25.6 Å². The summed E-state index contributed by atoms with van der Waals surface area (Å²) in [5, 5.41) is 14.6. The van der Waals surface area contributed by atoms with E-state index < -0.39 is 0 Å². The summed E-state index contributed by atoms with van der Waals surface area (Å²) in [4.78, 5) is 13.6. The third kappa shape index (κ3) is 2.85. The fraction of sp³-hybridized carbons (Fsp3) is 0.357. The number of carbonyl (C=O) groups is 1. The summed E-state index contributed by atoms with van der Waals surface area (Å²) >= 11 is 0. The Morgan fingerprint density at radius 1 is 1.35 bits per heavy atom. The molecule has 0 aliphatic carbocycles. The lowest BCUT2D eigenvalue weighted by molar-refractivity contribution is 0.0925. The summed E-state index contributed by atoms with van der Waals surface area (Å²) in [7, 11) is 0. The lowest BCUT2D eigenvalue weighted by Gasteiger charge is -2.23. The van der Waals surface area contributed by atoms with Gasteiger partial charge < -0.3 is 10.6 Å². The van der Waals surface area contributed by atoms with Crippen molar-refractivity contribution in [2.45, 2.75) is 18.9 Å². The standard InChI is InChI=1S/C14H17N5O/c20-14(17-11-5-4-8-15-9-11)13-10-16-19(18-13)12-6-2-1-3-7-12/h1-3,6-7,10-11,15H,4-5,8-9H2,(H,17,20)/t11-/m0/s1. The molecule has 1 fully saturated rings. The summed E-state index contributed by atoms with van der Waals surface area (Å²) in [6, 6.07) is 9.71. The van der Waals surface area contributed by atoms with Gasteiger partial charge in [-0.3, -0.25) is 4.79 Å². The molecule has 2 aromatic rings. The van der Waals surface area contributed by atoms with Gasteiger partial charge in [0.1, 0.15) is 0 Å². The zero-order chi connectivity index (χ0) is 13.8. The van der Waals surface area contributed by atoms with E-state index in [1.807, 2.05) is 30.3 Å². The molecule has 2 N–H and O–H groups in total. The van der Waals surface area contributed by atoms with E-state index in [9.17, 15) is 4.79 Å². The highest BCUT2D eigenvalue weighted by molar-refractivity contribution is 5.92. The van der Waals surface area contributed by atoms with E-state index in [0.29, 0.717) is 5.69 Å². The number of para-hydroxylation sites is 1. The highest BCUT2D eigenvalue weighted by Gasteiger charge is 2.18. The highest BCUT2D eigenvalue weighted by atomic mass is 16.2. The third-order valence-corrected chi connectivity index (χ3v) is 3.34. The first kappa shape index (κ1) is 12.8. The number of nitrogens with one attached hydrogen (secondary N) is 2. The van der Waals surface area contributed by atoms with Crippen molar-refractivity contribution in [2.75, 3.05) is 13.1 Å². The van der Waals surface area contributed by atoms with Crippen molar-refractivity contribution in [3.05, 3.63) is 42.2 Å². The Hall–Kier alpha value is -2.21. The lowest BCUT2D eigenvalue weighted by atomic mass is 10.1. The van der Waals surface area contributed by atoms with E-state index in [1.165, 1.54) is 11.0 Å². The second-order valence-corrected chi connectivity index (χ2v) is 4.87. The van der Waals surface area contributed by atoms with Gasteiger partial charge >= 0.3 is 0 Å². The second kappa shape index (κ2) is 5.83. The Bertz CT molecular complexity index is 574. The molecule has 0 radical (unpaired) electrons. The number of rotatable bonds is 3. The number of nitrogens with zero attached hydrogens (tertiary/aromatic N) is 3. The predicted octanol–water partition coefficient (Wildman–Crippen LogP) is 0.749. The predicted molar refractivity (Wildman–Crippen MR) is 74.7 cm³/mol. The molecule has 0 spiro atoms. The van der Waals surface area contributed by atoms with Crippen molar-refractivity contribution in [3.63, 3.8) is 0 Å². The van der Waals surface area contributed by atoms with Crippen LogP contribution in [0.15, 0.2) is 36.5 Å². The first-order valence-corrected chi connectivity index (χ1v) is 6.82. The Morgan fingerprint density at radius 2 is 2.20 bits per heavy atom. The number of hydrogen-bond acceptors (Lipinski definition) is 4. The summed E-state index contributed by atoms with van der Waals surface area (Å²) in [5.41, 5.74) is 1.19. The van der Waals surface area contributed by atoms with Crippen LogP contribution in [0.4, 0.5) is 0 Å². The first-order chi connectivity index (χ1) is 9.83. The van der Waals surface area contributed by atoms with Gasteiger partial charge in [-0.2, -0.15) is 9.90 Å². The molecule has 1 aliphatic heterocycles. The van der Waals surface area contributed by atoms with Gasteiger partial charge in [0.2, 0.25) is 0 Å². The molecular formula is C14H17N5O. The van der Waals surface area contributed by atoms with E-state index in [4.69, 9.17) is 0 Å². The summed E-state index contributed by atoms with van der Waals surface area (Å²) in [6.45, 7) is 1.84. The molecule has 6 heteroatoms. The van der Waals surface area contributed by atoms with Crippen molar-refractivity contribution in [1.29, 1.82) is 0 Å². The average Bonchev–Trinajstić information content (AvgIpc) is 2.99. The van der Waals surface area contributed by atoms with E-state index in [-0.39, 0.29) is 11.9 Å². The van der Waals surface area contributed by atoms with Crippen LogP contribution in [0.1, 0.15) is 23.3 Å². The summed E-state index contributed by atoms with van der Waals surface area (Å²) in [5.74, 6) is -0.166. The number of hydrogen-bond donors (Lipinski definition) is 2. The Kier molecular flexibility index (Phi) is 3.73. The maximum atomic E-state index is 12.1. The number of piperidine rings is 1. The van der Waals surface area contributed by atoms with Crippen LogP contribution in [0.25, 0.3) is 5.69 Å². The van der Waals surface area contributed by atoms with Crippen LogP contribution < -0.4 is 10.6 Å². The molecule has 0 bridgehead atoms. The monoisotopic (exact) mass is 271 g/mol. The van der Waals surface area contributed by atoms with Crippen LogP contribution in [-0.2, 0) is 0 Å². The molecule has 0 saturated carbocycles. The first-order valence-electron chi connectivity index (χ1n) is 6.82. The van der Waals surface area contributed by atoms with Gasteiger partial charge in [0.25, 0.3) is 5.91 Å². The van der Waals surface area contributed by atoms with Crippen molar-refractivity contribution in [2.24, 2.45) is 0 Å². The largest absolute Gasteiger partial charge is 0.347 e. The van der Waals surface area contributed by atoms with Gasteiger partial charge in [-0.15, -0.1) is 5.10 Å². The zero-order valence-corrected chi connectivity index (χ0v) is 11.1. The summed E-state index contributed by atoms with van der Waals surface area (Å²) in [6.07, 6.45) is 3.59. The normalized spacial score (nSPS) is 18.7. The number of benzene rings is 1. The molecule has 3 rings (SSSR count). The van der Waals surface area contributed by atoms with E-state index >= 15 is 0 Å². The van der Waals surface area contributed by atoms with Crippen LogP contribution in [0, 0.1) is 0 Å².